The Bertz CT molecular complexity index is 1220. The van der Waals surface area contributed by atoms with Crippen molar-refractivity contribution >= 4 is 23.1 Å². The zero-order chi connectivity index (χ0) is 22.3. The monoisotopic (exact) mass is 421 g/mol. The van der Waals surface area contributed by atoms with Gasteiger partial charge in [0.2, 0.25) is 0 Å². The molecule has 0 radical (unpaired) electrons. The molecule has 1 amide bonds. The average Bonchev–Trinajstić information content (AvgIpc) is 3.01. The molecule has 3 aromatic carbocycles. The average molecular weight is 421 g/mol. The number of carbonyl (C=O) groups excluding carboxylic acids is 2. The molecule has 1 unspecified atom stereocenters. The Kier molecular flexibility index (Phi) is 5.02. The van der Waals surface area contributed by atoms with E-state index in [0.29, 0.717) is 11.1 Å². The number of Topliss-reactive ketones (excluding diaryl/α,β-unsaturated/α-hetero) is 1. The largest absolute Gasteiger partial charge is 0.508 e. The lowest BCUT2D eigenvalue weighted by atomic mass is 9.95. The number of aryl methyl sites for hydroxylation is 1. The zero-order valence-electron chi connectivity index (χ0n) is 16.3. The normalized spacial score (nSPS) is 17.9. The first-order valence-corrected chi connectivity index (χ1v) is 9.40. The second-order valence-corrected chi connectivity index (χ2v) is 7.22. The minimum absolute atomic E-state index is 0.0591. The Morgan fingerprint density at radius 2 is 1.58 bits per heavy atom. The molecular formula is C24H17F2NO4. The fourth-order valence-corrected chi connectivity index (χ4v) is 3.59. The van der Waals surface area contributed by atoms with Gasteiger partial charge >= 0.3 is 0 Å². The number of phenols is 1. The van der Waals surface area contributed by atoms with Gasteiger partial charge in [-0.3, -0.25) is 14.5 Å². The summed E-state index contributed by atoms with van der Waals surface area (Å²) in [6.45, 7) is 1.85. The molecule has 0 aliphatic carbocycles. The van der Waals surface area contributed by atoms with Gasteiger partial charge in [0.05, 0.1) is 17.3 Å². The van der Waals surface area contributed by atoms with E-state index in [-0.39, 0.29) is 11.3 Å². The van der Waals surface area contributed by atoms with E-state index in [4.69, 9.17) is 0 Å². The first-order valence-electron chi connectivity index (χ1n) is 9.40. The van der Waals surface area contributed by atoms with Gasteiger partial charge in [-0.15, -0.1) is 0 Å². The number of rotatable bonds is 3. The summed E-state index contributed by atoms with van der Waals surface area (Å²) in [5, 5.41) is 20.6. The molecule has 1 aliphatic rings. The highest BCUT2D eigenvalue weighted by Gasteiger charge is 2.47. The van der Waals surface area contributed by atoms with Gasteiger partial charge in [-0.25, -0.2) is 8.78 Å². The summed E-state index contributed by atoms with van der Waals surface area (Å²) in [5.74, 6) is -4.31. The number of phenolic OH excluding ortho intramolecular Hbond substituents is 1. The molecule has 1 aliphatic heterocycles. The molecule has 156 valence electrons. The lowest BCUT2D eigenvalue weighted by Gasteiger charge is -2.25. The number of hydrogen-bond acceptors (Lipinski definition) is 4. The number of nitrogens with zero attached hydrogens (tertiary/aromatic N) is 1. The van der Waals surface area contributed by atoms with Crippen molar-refractivity contribution in [3.8, 4) is 5.75 Å². The van der Waals surface area contributed by atoms with Crippen molar-refractivity contribution in [2.75, 3.05) is 4.90 Å². The van der Waals surface area contributed by atoms with Crippen LogP contribution in [-0.2, 0) is 9.59 Å². The zero-order valence-corrected chi connectivity index (χ0v) is 16.3. The van der Waals surface area contributed by atoms with E-state index >= 15 is 0 Å². The summed E-state index contributed by atoms with van der Waals surface area (Å²) in [7, 11) is 0. The van der Waals surface area contributed by atoms with Gasteiger partial charge in [-0.1, -0.05) is 42.0 Å². The molecule has 0 saturated carbocycles. The lowest BCUT2D eigenvalue weighted by molar-refractivity contribution is -0.132. The van der Waals surface area contributed by atoms with Crippen LogP contribution < -0.4 is 4.90 Å². The molecule has 31 heavy (non-hydrogen) atoms. The number of aliphatic hydroxyl groups excluding tert-OH is 1. The summed E-state index contributed by atoms with van der Waals surface area (Å²) >= 11 is 0. The number of aromatic hydroxyl groups is 1. The van der Waals surface area contributed by atoms with E-state index in [1.165, 1.54) is 24.3 Å². The molecule has 0 aromatic heterocycles. The van der Waals surface area contributed by atoms with Gasteiger partial charge in [-0.05, 0) is 36.8 Å². The first kappa shape index (κ1) is 20.3. The third-order valence-electron chi connectivity index (χ3n) is 5.15. The fraction of sp³-hybridized carbons (Fsp3) is 0.0833. The van der Waals surface area contributed by atoms with Gasteiger partial charge in [0.1, 0.15) is 23.1 Å². The van der Waals surface area contributed by atoms with Crippen LogP contribution in [-0.4, -0.2) is 21.9 Å². The van der Waals surface area contributed by atoms with Crippen LogP contribution in [0.2, 0.25) is 0 Å². The highest BCUT2D eigenvalue weighted by atomic mass is 19.1. The van der Waals surface area contributed by atoms with Crippen molar-refractivity contribution in [1.82, 2.24) is 0 Å². The smallest absolute Gasteiger partial charge is 0.300 e. The van der Waals surface area contributed by atoms with Crippen molar-refractivity contribution in [3.05, 3.63) is 101 Å². The molecule has 1 atom stereocenters. The molecule has 1 fully saturated rings. The van der Waals surface area contributed by atoms with Crippen molar-refractivity contribution in [1.29, 1.82) is 0 Å². The molecule has 7 heteroatoms. The van der Waals surface area contributed by atoms with Gasteiger partial charge in [0.15, 0.2) is 0 Å². The second kappa shape index (κ2) is 7.68. The summed E-state index contributed by atoms with van der Waals surface area (Å²) in [4.78, 5) is 26.7. The van der Waals surface area contributed by atoms with E-state index in [9.17, 15) is 28.6 Å². The number of ketones is 1. The lowest BCUT2D eigenvalue weighted by Crippen LogP contribution is -2.30. The highest BCUT2D eigenvalue weighted by Crippen LogP contribution is 2.43. The van der Waals surface area contributed by atoms with Gasteiger partial charge < -0.3 is 10.2 Å². The van der Waals surface area contributed by atoms with E-state index in [1.807, 2.05) is 6.92 Å². The van der Waals surface area contributed by atoms with E-state index in [2.05, 4.69) is 0 Å². The molecule has 5 nitrogen and oxygen atoms in total. The maximum atomic E-state index is 14.6. The molecule has 2 N–H and O–H groups in total. The van der Waals surface area contributed by atoms with Gasteiger partial charge in [0.25, 0.3) is 11.7 Å². The molecule has 1 saturated heterocycles. The third kappa shape index (κ3) is 3.54. The van der Waals surface area contributed by atoms with E-state index in [1.54, 1.807) is 24.3 Å². The van der Waals surface area contributed by atoms with Crippen molar-refractivity contribution in [2.24, 2.45) is 0 Å². The maximum absolute atomic E-state index is 14.6. The van der Waals surface area contributed by atoms with Gasteiger partial charge in [-0.2, -0.15) is 0 Å². The van der Waals surface area contributed by atoms with Crippen LogP contribution >= 0.6 is 0 Å². The molecule has 3 aromatic rings. The predicted octanol–water partition coefficient (Wildman–Crippen LogP) is 4.61. The van der Waals surface area contributed by atoms with Crippen LogP contribution in [0.15, 0.2) is 72.3 Å². The standard InChI is InChI=1S/C24H17F2NO4/c1-13-2-4-15(5-3-13)22(29)20-21(14-6-9-17(28)10-7-14)27(24(31)23(20)30)19-12-16(25)8-11-18(19)26/h2-12,21,28-29H,1H3/b22-20+. The Hall–Kier alpha value is -4.00. The maximum Gasteiger partial charge on any atom is 0.300 e. The topological polar surface area (TPSA) is 77.8 Å². The number of halogens is 2. The molecule has 1 heterocycles. The Morgan fingerprint density at radius 1 is 0.935 bits per heavy atom. The van der Waals surface area contributed by atoms with Gasteiger partial charge in [0, 0.05) is 11.6 Å². The number of carbonyl (C=O) groups is 2. The molecule has 0 spiro atoms. The minimum atomic E-state index is -1.22. The number of hydrogen-bond donors (Lipinski definition) is 2. The van der Waals surface area contributed by atoms with Crippen LogP contribution in [0.25, 0.3) is 5.76 Å². The van der Waals surface area contributed by atoms with Crippen LogP contribution in [0.3, 0.4) is 0 Å². The summed E-state index contributed by atoms with van der Waals surface area (Å²) < 4.78 is 28.5. The van der Waals surface area contributed by atoms with E-state index < -0.39 is 40.8 Å². The van der Waals surface area contributed by atoms with Crippen LogP contribution in [0.1, 0.15) is 22.7 Å². The summed E-state index contributed by atoms with van der Waals surface area (Å²) in [6, 6.07) is 13.6. The van der Waals surface area contributed by atoms with Crippen LogP contribution in [0.4, 0.5) is 14.5 Å². The Balaban J connectivity index is 1.97. The number of anilines is 1. The fourth-order valence-electron chi connectivity index (χ4n) is 3.59. The molecule has 0 bridgehead atoms. The Labute approximate surface area is 176 Å². The summed E-state index contributed by atoms with van der Waals surface area (Å²) in [5.41, 5.74) is 0.863. The SMILES string of the molecule is Cc1ccc(/C(O)=C2\C(=O)C(=O)N(c3cc(F)ccc3F)C2c2ccc(O)cc2)cc1. The second-order valence-electron chi connectivity index (χ2n) is 7.22. The number of benzene rings is 3. The quantitative estimate of drug-likeness (QED) is 0.368. The first-order chi connectivity index (χ1) is 14.8. The van der Waals surface area contributed by atoms with Crippen molar-refractivity contribution in [3.63, 3.8) is 0 Å². The predicted molar refractivity (Wildman–Crippen MR) is 110 cm³/mol. The number of amides is 1. The van der Waals surface area contributed by atoms with Crippen LogP contribution in [0.5, 0.6) is 5.75 Å². The molecular weight excluding hydrogens is 404 g/mol. The highest BCUT2D eigenvalue weighted by molar-refractivity contribution is 6.51. The number of aliphatic hydroxyl groups is 1. The Morgan fingerprint density at radius 3 is 2.23 bits per heavy atom. The van der Waals surface area contributed by atoms with Crippen LogP contribution in [0, 0.1) is 18.6 Å². The van der Waals surface area contributed by atoms with Crippen molar-refractivity contribution in [2.45, 2.75) is 13.0 Å². The summed E-state index contributed by atoms with van der Waals surface area (Å²) in [6.07, 6.45) is 0. The third-order valence-corrected chi connectivity index (χ3v) is 5.15. The minimum Gasteiger partial charge on any atom is -0.508 e. The molecule has 4 rings (SSSR count). The van der Waals surface area contributed by atoms with E-state index in [0.717, 1.165) is 28.7 Å². The van der Waals surface area contributed by atoms with Crippen molar-refractivity contribution < 1.29 is 28.6 Å².